The summed E-state index contributed by atoms with van der Waals surface area (Å²) in [6, 6.07) is 14.9. The highest BCUT2D eigenvalue weighted by molar-refractivity contribution is 6.12. The maximum atomic E-state index is 13.9. The summed E-state index contributed by atoms with van der Waals surface area (Å²) < 4.78 is 19.9. The molecule has 8 nitrogen and oxygen atoms in total. The Morgan fingerprint density at radius 1 is 1.08 bits per heavy atom. The maximum absolute atomic E-state index is 13.9. The zero-order chi connectivity index (χ0) is 25.4. The van der Waals surface area contributed by atoms with Crippen molar-refractivity contribution in [2.75, 3.05) is 30.0 Å². The summed E-state index contributed by atoms with van der Waals surface area (Å²) in [5.74, 6) is -0.548. The summed E-state index contributed by atoms with van der Waals surface area (Å²) in [5, 5.41) is 10.8. The van der Waals surface area contributed by atoms with Gasteiger partial charge in [0.05, 0.1) is 23.4 Å². The van der Waals surface area contributed by atoms with Gasteiger partial charge in [-0.15, -0.1) is 0 Å². The van der Waals surface area contributed by atoms with Gasteiger partial charge >= 0.3 is 5.97 Å². The molecule has 3 heterocycles. The highest BCUT2D eigenvalue weighted by Crippen LogP contribution is 2.38. The third kappa shape index (κ3) is 3.98. The number of hydrogen-bond acceptors (Lipinski definition) is 6. The fraction of sp³-hybridized carbons (Fsp3) is 0.185. The average Bonchev–Trinajstić information content (AvgIpc) is 2.96. The van der Waals surface area contributed by atoms with Crippen molar-refractivity contribution in [3.8, 4) is 5.75 Å². The first-order valence-corrected chi connectivity index (χ1v) is 11.5. The number of aromatic carboxylic acids is 1. The topological polar surface area (TPSA) is 95.9 Å². The predicted molar refractivity (Wildman–Crippen MR) is 134 cm³/mol. The lowest BCUT2D eigenvalue weighted by atomic mass is 10.0. The van der Waals surface area contributed by atoms with E-state index in [2.05, 4.69) is 9.97 Å². The first-order chi connectivity index (χ1) is 17.4. The van der Waals surface area contributed by atoms with Gasteiger partial charge in [-0.2, -0.15) is 9.37 Å². The van der Waals surface area contributed by atoms with Gasteiger partial charge in [0, 0.05) is 31.6 Å². The summed E-state index contributed by atoms with van der Waals surface area (Å²) in [6.45, 7) is 2.64. The van der Waals surface area contributed by atoms with Crippen LogP contribution in [0.4, 0.5) is 21.7 Å². The van der Waals surface area contributed by atoms with Gasteiger partial charge in [-0.3, -0.25) is 4.79 Å². The largest absolute Gasteiger partial charge is 0.493 e. The third-order valence-corrected chi connectivity index (χ3v) is 6.23. The molecule has 1 aliphatic rings. The molecule has 4 aromatic rings. The van der Waals surface area contributed by atoms with Crippen LogP contribution in [0.5, 0.6) is 5.75 Å². The van der Waals surface area contributed by atoms with Gasteiger partial charge in [0.1, 0.15) is 11.6 Å². The van der Waals surface area contributed by atoms with E-state index in [9.17, 15) is 19.1 Å². The minimum atomic E-state index is -0.996. The molecule has 9 heteroatoms. The zero-order valence-electron chi connectivity index (χ0n) is 19.7. The highest BCUT2D eigenvalue weighted by Gasteiger charge is 2.31. The molecule has 0 radical (unpaired) electrons. The Bertz CT molecular complexity index is 1510. The van der Waals surface area contributed by atoms with Crippen molar-refractivity contribution in [2.45, 2.75) is 13.3 Å². The molecule has 1 N–H and O–H groups in total. The minimum absolute atomic E-state index is 0.214. The molecule has 1 amide bonds. The average molecular weight is 487 g/mol. The second kappa shape index (κ2) is 9.26. The molecule has 1 aliphatic heterocycles. The van der Waals surface area contributed by atoms with Crippen molar-refractivity contribution < 1.29 is 23.8 Å². The number of nitrogens with zero attached hydrogens (tertiary/aromatic N) is 4. The number of carboxylic acids is 1. The van der Waals surface area contributed by atoms with E-state index in [1.807, 2.05) is 19.1 Å². The normalized spacial score (nSPS) is 12.8. The quantitative estimate of drug-likeness (QED) is 0.390. The molecule has 2 aromatic heterocycles. The Balaban J connectivity index is 1.41. The molecule has 0 unspecified atom stereocenters. The number of pyridine rings is 2. The van der Waals surface area contributed by atoms with Crippen molar-refractivity contribution in [3.63, 3.8) is 0 Å². The van der Waals surface area contributed by atoms with Crippen LogP contribution in [0.25, 0.3) is 10.8 Å². The first kappa shape index (κ1) is 23.2. The predicted octanol–water partition coefficient (Wildman–Crippen LogP) is 4.84. The molecule has 0 spiro atoms. The van der Waals surface area contributed by atoms with Gasteiger partial charge in [0.15, 0.2) is 5.82 Å². The second-order valence-corrected chi connectivity index (χ2v) is 8.36. The monoisotopic (exact) mass is 486 g/mol. The standard InChI is InChI=1S/C27H23FN4O4/c1-3-32-24-20(26(33)31(2)21-9-11-23(28)30-25(21)32)14-16(15-29-24)12-13-36-22-10-8-19(27(34)35)17-6-4-5-7-18(17)22/h4-11,14-15H,3,12-13H2,1-2H3,(H,34,35). The summed E-state index contributed by atoms with van der Waals surface area (Å²) >= 11 is 0. The van der Waals surface area contributed by atoms with E-state index in [4.69, 9.17) is 4.74 Å². The van der Waals surface area contributed by atoms with E-state index in [-0.39, 0.29) is 11.5 Å². The van der Waals surface area contributed by atoms with Gasteiger partial charge < -0.3 is 19.6 Å². The van der Waals surface area contributed by atoms with Crippen LogP contribution in [0.1, 0.15) is 33.2 Å². The number of fused-ring (bicyclic) bond motifs is 3. The molecular formula is C27H23FN4O4. The van der Waals surface area contributed by atoms with Crippen LogP contribution in [-0.2, 0) is 6.42 Å². The molecule has 0 saturated carbocycles. The maximum Gasteiger partial charge on any atom is 0.336 e. The number of aromatic nitrogens is 2. The van der Waals surface area contributed by atoms with E-state index >= 15 is 0 Å². The van der Waals surface area contributed by atoms with E-state index < -0.39 is 11.9 Å². The molecule has 5 rings (SSSR count). The van der Waals surface area contributed by atoms with Crippen LogP contribution < -0.4 is 14.5 Å². The van der Waals surface area contributed by atoms with Crippen molar-refractivity contribution >= 4 is 40.0 Å². The van der Waals surface area contributed by atoms with Gasteiger partial charge in [-0.25, -0.2) is 9.78 Å². The Hall–Kier alpha value is -4.53. The van der Waals surface area contributed by atoms with E-state index in [1.165, 1.54) is 17.0 Å². The van der Waals surface area contributed by atoms with E-state index in [0.717, 1.165) is 5.56 Å². The van der Waals surface area contributed by atoms with Crippen LogP contribution in [0.2, 0.25) is 0 Å². The van der Waals surface area contributed by atoms with Gasteiger partial charge in [-0.05, 0) is 48.2 Å². The van der Waals surface area contributed by atoms with Crippen molar-refractivity contribution in [1.29, 1.82) is 0 Å². The summed E-state index contributed by atoms with van der Waals surface area (Å²) in [7, 11) is 1.63. The number of hydrogen-bond donors (Lipinski definition) is 1. The summed E-state index contributed by atoms with van der Waals surface area (Å²) in [6.07, 6.45) is 2.15. The number of carbonyl (C=O) groups is 2. The minimum Gasteiger partial charge on any atom is -0.493 e. The Morgan fingerprint density at radius 2 is 1.86 bits per heavy atom. The lowest BCUT2D eigenvalue weighted by Gasteiger charge is -2.22. The smallest absolute Gasteiger partial charge is 0.336 e. The second-order valence-electron chi connectivity index (χ2n) is 8.36. The number of halogens is 1. The molecular weight excluding hydrogens is 463 g/mol. The number of rotatable bonds is 6. The van der Waals surface area contributed by atoms with Crippen LogP contribution in [-0.4, -0.2) is 47.2 Å². The Kier molecular flexibility index (Phi) is 5.97. The number of carboxylic acid groups (broad SMARTS) is 1. The lowest BCUT2D eigenvalue weighted by molar-refractivity contribution is 0.0698. The first-order valence-electron chi connectivity index (χ1n) is 11.5. The van der Waals surface area contributed by atoms with E-state index in [0.29, 0.717) is 59.0 Å². The SMILES string of the molecule is CCN1c2ncc(CCOc3ccc(C(=O)O)c4ccccc34)cc2C(=O)N(C)c2ccc(F)nc21. The number of carbonyl (C=O) groups excluding carboxylic acids is 1. The van der Waals surface area contributed by atoms with Gasteiger partial charge in [0.25, 0.3) is 5.91 Å². The van der Waals surface area contributed by atoms with Crippen LogP contribution in [0, 0.1) is 5.95 Å². The number of ether oxygens (including phenoxy) is 1. The molecule has 0 aliphatic carbocycles. The molecule has 0 fully saturated rings. The Labute approximate surface area is 206 Å². The van der Waals surface area contributed by atoms with Crippen LogP contribution >= 0.6 is 0 Å². The fourth-order valence-corrected chi connectivity index (χ4v) is 4.44. The fourth-order valence-electron chi connectivity index (χ4n) is 4.44. The van der Waals surface area contributed by atoms with Crippen LogP contribution in [0.3, 0.4) is 0 Å². The molecule has 182 valence electrons. The molecule has 2 aromatic carbocycles. The number of amides is 1. The summed E-state index contributed by atoms with van der Waals surface area (Å²) in [5.41, 5.74) is 1.91. The summed E-state index contributed by atoms with van der Waals surface area (Å²) in [4.78, 5) is 36.6. The number of benzene rings is 2. The highest BCUT2D eigenvalue weighted by atomic mass is 19.1. The van der Waals surface area contributed by atoms with Gasteiger partial charge in [0.2, 0.25) is 5.95 Å². The molecule has 0 bridgehead atoms. The Morgan fingerprint density at radius 3 is 2.61 bits per heavy atom. The van der Waals surface area contributed by atoms with E-state index in [1.54, 1.807) is 48.5 Å². The molecule has 0 atom stereocenters. The molecule has 0 saturated heterocycles. The van der Waals surface area contributed by atoms with Gasteiger partial charge in [-0.1, -0.05) is 24.3 Å². The third-order valence-electron chi connectivity index (χ3n) is 6.23. The van der Waals surface area contributed by atoms with Crippen molar-refractivity contribution in [3.05, 3.63) is 83.4 Å². The van der Waals surface area contributed by atoms with Crippen LogP contribution in [0.15, 0.2) is 60.8 Å². The zero-order valence-corrected chi connectivity index (χ0v) is 19.7. The molecule has 36 heavy (non-hydrogen) atoms. The van der Waals surface area contributed by atoms with Crippen molar-refractivity contribution in [2.24, 2.45) is 0 Å². The number of anilines is 3. The lowest BCUT2D eigenvalue weighted by Crippen LogP contribution is -2.25. The van der Waals surface area contributed by atoms with Crippen molar-refractivity contribution in [1.82, 2.24) is 9.97 Å².